The molecule has 2 aromatic rings. The summed E-state index contributed by atoms with van der Waals surface area (Å²) in [5.74, 6) is -0.760. The van der Waals surface area contributed by atoms with Gasteiger partial charge in [-0.2, -0.15) is 12.8 Å². The Morgan fingerprint density at radius 2 is 2.04 bits per heavy atom. The minimum Gasteiger partial charge on any atom is -0.443 e. The summed E-state index contributed by atoms with van der Waals surface area (Å²) in [5.41, 5.74) is -0.821. The number of hydrogen-bond acceptors (Lipinski definition) is 7. The summed E-state index contributed by atoms with van der Waals surface area (Å²) in [6.45, 7) is 6.22. The maximum Gasteiger partial charge on any atom is 0.430 e. The van der Waals surface area contributed by atoms with E-state index in [1.807, 2.05) is 0 Å². The Morgan fingerprint density at radius 3 is 2.54 bits per heavy atom. The number of amides is 1. The van der Waals surface area contributed by atoms with Crippen molar-refractivity contribution >= 4 is 33.5 Å². The van der Waals surface area contributed by atoms with Gasteiger partial charge in [0.2, 0.25) is 0 Å². The van der Waals surface area contributed by atoms with E-state index in [1.54, 1.807) is 20.8 Å². The zero-order valence-electron chi connectivity index (χ0n) is 13.5. The second kappa shape index (κ2) is 6.44. The second-order valence-electron chi connectivity index (χ2n) is 5.88. The monoisotopic (exact) mass is 373 g/mol. The van der Waals surface area contributed by atoms with Gasteiger partial charge in [0.05, 0.1) is 6.20 Å². The maximum atomic E-state index is 13.4. The van der Waals surface area contributed by atoms with Gasteiger partial charge in [-0.3, -0.25) is 0 Å². The van der Waals surface area contributed by atoms with Gasteiger partial charge >= 0.3 is 6.09 Å². The van der Waals surface area contributed by atoms with Crippen LogP contribution in [0.15, 0.2) is 28.7 Å². The number of pyridine rings is 1. The molecular formula is C14H16FN3O4S2. The summed E-state index contributed by atoms with van der Waals surface area (Å²) in [6, 6.07) is 2.41. The zero-order valence-corrected chi connectivity index (χ0v) is 15.1. The summed E-state index contributed by atoms with van der Waals surface area (Å²) in [5, 5.41) is 1.05. The van der Waals surface area contributed by atoms with Crippen molar-refractivity contribution in [3.63, 3.8) is 0 Å². The first kappa shape index (κ1) is 18.3. The quantitative estimate of drug-likeness (QED) is 0.821. The van der Waals surface area contributed by atoms with E-state index in [0.717, 1.165) is 23.8 Å². The van der Waals surface area contributed by atoms with Gasteiger partial charge < -0.3 is 4.74 Å². The molecule has 24 heavy (non-hydrogen) atoms. The van der Waals surface area contributed by atoms with Crippen LogP contribution in [0.4, 0.5) is 15.0 Å². The van der Waals surface area contributed by atoms with E-state index in [1.165, 1.54) is 18.4 Å². The van der Waals surface area contributed by atoms with Crippen molar-refractivity contribution in [1.29, 1.82) is 0 Å². The Kier molecular flexibility index (Phi) is 4.90. The number of aryl methyl sites for hydroxylation is 1. The fraction of sp³-hybridized carbons (Fsp3) is 0.357. The zero-order chi connectivity index (χ0) is 18.1. The number of carbonyl (C=O) groups excluding carboxylic acids is 1. The molecule has 1 amide bonds. The Labute approximate surface area is 143 Å². The predicted molar refractivity (Wildman–Crippen MR) is 86.9 cm³/mol. The Balaban J connectivity index is 2.53. The molecule has 0 aliphatic heterocycles. The number of hydrogen-bond donors (Lipinski definition) is 0. The van der Waals surface area contributed by atoms with Gasteiger partial charge in [-0.15, -0.1) is 4.31 Å². The molecule has 0 radical (unpaired) electrons. The van der Waals surface area contributed by atoms with E-state index in [4.69, 9.17) is 4.74 Å². The average Bonchev–Trinajstić information content (AvgIpc) is 2.93. The highest BCUT2D eigenvalue weighted by molar-refractivity contribution is 7.93. The SMILES string of the molecule is Cc1cc(S(=O)(=O)N(C(=O)OC(C)(C)C)c2ccsn2)ncc1F. The number of anilines is 1. The molecule has 0 aromatic carbocycles. The summed E-state index contributed by atoms with van der Waals surface area (Å²) in [6.07, 6.45) is -0.325. The van der Waals surface area contributed by atoms with Crippen LogP contribution in [0.25, 0.3) is 0 Å². The van der Waals surface area contributed by atoms with Crippen LogP contribution in [0, 0.1) is 12.7 Å². The maximum absolute atomic E-state index is 13.4. The van der Waals surface area contributed by atoms with Crippen molar-refractivity contribution in [3.8, 4) is 0 Å². The van der Waals surface area contributed by atoms with Crippen molar-refractivity contribution in [2.45, 2.75) is 38.3 Å². The van der Waals surface area contributed by atoms with Crippen LogP contribution in [0.5, 0.6) is 0 Å². The van der Waals surface area contributed by atoms with E-state index in [2.05, 4.69) is 9.36 Å². The molecule has 0 atom stereocenters. The van der Waals surface area contributed by atoms with E-state index in [9.17, 15) is 17.6 Å². The number of halogens is 1. The van der Waals surface area contributed by atoms with Crippen LogP contribution >= 0.6 is 11.5 Å². The Hall–Kier alpha value is -2.07. The number of ether oxygens (including phenoxy) is 1. The molecular weight excluding hydrogens is 357 g/mol. The van der Waals surface area contributed by atoms with Crippen LogP contribution < -0.4 is 4.31 Å². The third-order valence-corrected chi connectivity index (χ3v) is 4.84. The lowest BCUT2D eigenvalue weighted by Gasteiger charge is -2.25. The lowest BCUT2D eigenvalue weighted by molar-refractivity contribution is 0.0608. The first-order chi connectivity index (χ1) is 11.0. The molecule has 2 rings (SSSR count). The number of aromatic nitrogens is 2. The predicted octanol–water partition coefficient (Wildman–Crippen LogP) is 3.12. The average molecular weight is 373 g/mol. The minimum atomic E-state index is -4.41. The van der Waals surface area contributed by atoms with Gasteiger partial charge in [0, 0.05) is 5.38 Å². The van der Waals surface area contributed by atoms with Gasteiger partial charge in [-0.1, -0.05) is 0 Å². The topological polar surface area (TPSA) is 89.5 Å². The van der Waals surface area contributed by atoms with E-state index < -0.39 is 32.6 Å². The molecule has 2 heterocycles. The number of rotatable bonds is 3. The van der Waals surface area contributed by atoms with Gasteiger partial charge in [-0.25, -0.2) is 14.2 Å². The molecule has 0 aliphatic rings. The van der Waals surface area contributed by atoms with Gasteiger partial charge in [0.15, 0.2) is 10.8 Å². The summed E-state index contributed by atoms with van der Waals surface area (Å²) in [7, 11) is -4.41. The molecule has 2 aromatic heterocycles. The molecule has 10 heteroatoms. The van der Waals surface area contributed by atoms with Crippen LogP contribution in [0.3, 0.4) is 0 Å². The highest BCUT2D eigenvalue weighted by atomic mass is 32.2. The standard InChI is InChI=1S/C14H16FN3O4S2/c1-9-7-12(16-8-10(9)15)24(20,21)18(11-5-6-23-17-11)13(19)22-14(2,3)4/h5-8H,1-4H3. The number of sulfonamides is 1. The summed E-state index contributed by atoms with van der Waals surface area (Å²) in [4.78, 5) is 16.0. The fourth-order valence-corrected chi connectivity index (χ4v) is 3.50. The third kappa shape index (κ3) is 3.88. The molecule has 0 N–H and O–H groups in total. The van der Waals surface area contributed by atoms with Gasteiger partial charge in [0.1, 0.15) is 11.4 Å². The highest BCUT2D eigenvalue weighted by Gasteiger charge is 2.37. The van der Waals surface area contributed by atoms with Crippen LogP contribution in [0.2, 0.25) is 0 Å². The lowest BCUT2D eigenvalue weighted by atomic mass is 10.2. The van der Waals surface area contributed by atoms with E-state index in [0.29, 0.717) is 4.31 Å². The smallest absolute Gasteiger partial charge is 0.430 e. The molecule has 7 nitrogen and oxygen atoms in total. The Bertz CT molecular complexity index is 845. The van der Waals surface area contributed by atoms with Crippen LogP contribution in [-0.4, -0.2) is 29.5 Å². The van der Waals surface area contributed by atoms with Gasteiger partial charge in [-0.05, 0) is 56.9 Å². The third-order valence-electron chi connectivity index (χ3n) is 2.72. The van der Waals surface area contributed by atoms with Crippen molar-refractivity contribution in [2.75, 3.05) is 4.31 Å². The fourth-order valence-electron chi connectivity index (χ4n) is 1.68. The summed E-state index contributed by atoms with van der Waals surface area (Å²) < 4.78 is 48.5. The lowest BCUT2D eigenvalue weighted by Crippen LogP contribution is -2.41. The first-order valence-electron chi connectivity index (χ1n) is 6.83. The molecule has 130 valence electrons. The molecule has 0 saturated carbocycles. The molecule has 0 bridgehead atoms. The first-order valence-corrected chi connectivity index (χ1v) is 9.11. The van der Waals surface area contributed by atoms with Crippen molar-refractivity contribution in [2.24, 2.45) is 0 Å². The van der Waals surface area contributed by atoms with Crippen molar-refractivity contribution in [3.05, 3.63) is 35.1 Å². The van der Waals surface area contributed by atoms with Crippen molar-refractivity contribution in [1.82, 2.24) is 9.36 Å². The van der Waals surface area contributed by atoms with Crippen LogP contribution in [0.1, 0.15) is 26.3 Å². The Morgan fingerprint density at radius 1 is 1.38 bits per heavy atom. The number of nitrogens with zero attached hydrogens (tertiary/aromatic N) is 3. The molecule has 0 saturated heterocycles. The normalized spacial score (nSPS) is 12.0. The van der Waals surface area contributed by atoms with E-state index in [-0.39, 0.29) is 11.4 Å². The highest BCUT2D eigenvalue weighted by Crippen LogP contribution is 2.25. The molecule has 0 spiro atoms. The molecule has 0 fully saturated rings. The largest absolute Gasteiger partial charge is 0.443 e. The molecule has 0 unspecified atom stereocenters. The van der Waals surface area contributed by atoms with Crippen molar-refractivity contribution < 1.29 is 22.3 Å². The number of carbonyl (C=O) groups is 1. The van der Waals surface area contributed by atoms with E-state index >= 15 is 0 Å². The summed E-state index contributed by atoms with van der Waals surface area (Å²) >= 11 is 0.976. The molecule has 0 aliphatic carbocycles. The van der Waals surface area contributed by atoms with Gasteiger partial charge in [0.25, 0.3) is 10.0 Å². The second-order valence-corrected chi connectivity index (χ2v) is 8.28. The van der Waals surface area contributed by atoms with Crippen LogP contribution in [-0.2, 0) is 14.8 Å². The minimum absolute atomic E-state index is 0.0889.